The van der Waals surface area contributed by atoms with Crippen LogP contribution in [0.3, 0.4) is 0 Å². The fourth-order valence-electron chi connectivity index (χ4n) is 2.03. The van der Waals surface area contributed by atoms with E-state index >= 15 is 0 Å². The first-order chi connectivity index (χ1) is 9.32. The molecular formula is C14H18N2O3S. The molecule has 1 heterocycles. The van der Waals surface area contributed by atoms with Crippen molar-refractivity contribution in [3.63, 3.8) is 0 Å². The Kier molecular flexibility index (Phi) is 3.87. The number of aryl methyl sites for hydroxylation is 2. The van der Waals surface area contributed by atoms with E-state index in [9.17, 15) is 8.42 Å². The van der Waals surface area contributed by atoms with Crippen molar-refractivity contribution in [2.24, 2.45) is 0 Å². The second-order valence-electron chi connectivity index (χ2n) is 4.79. The van der Waals surface area contributed by atoms with Crippen molar-refractivity contribution in [1.29, 1.82) is 0 Å². The second-order valence-corrected chi connectivity index (χ2v) is 6.80. The average Bonchev–Trinajstić information content (AvgIpc) is 2.74. The Labute approximate surface area is 119 Å². The molecular weight excluding hydrogens is 276 g/mol. The highest BCUT2D eigenvalue weighted by atomic mass is 32.2. The van der Waals surface area contributed by atoms with Gasteiger partial charge in [0.15, 0.2) is 0 Å². The van der Waals surface area contributed by atoms with Gasteiger partial charge in [-0.3, -0.25) is 0 Å². The van der Waals surface area contributed by atoms with Gasteiger partial charge in [0.05, 0.1) is 11.2 Å². The lowest BCUT2D eigenvalue weighted by Gasteiger charge is -2.18. The summed E-state index contributed by atoms with van der Waals surface area (Å²) < 4.78 is 31.6. The van der Waals surface area contributed by atoms with Gasteiger partial charge >= 0.3 is 0 Å². The first kappa shape index (κ1) is 14.6. The van der Waals surface area contributed by atoms with Crippen LogP contribution < -0.4 is 5.73 Å². The van der Waals surface area contributed by atoms with Gasteiger partial charge in [-0.25, -0.2) is 8.42 Å². The van der Waals surface area contributed by atoms with Crippen LogP contribution in [0.25, 0.3) is 0 Å². The zero-order valence-corrected chi connectivity index (χ0v) is 12.6. The molecule has 2 N–H and O–H groups in total. The molecule has 2 rings (SSSR count). The molecule has 0 bridgehead atoms. The minimum Gasteiger partial charge on any atom is -0.469 e. The quantitative estimate of drug-likeness (QED) is 0.878. The fourth-order valence-corrected chi connectivity index (χ4v) is 3.38. The molecule has 1 aromatic carbocycles. The third-order valence-corrected chi connectivity index (χ3v) is 5.21. The minimum atomic E-state index is -3.54. The van der Waals surface area contributed by atoms with Gasteiger partial charge < -0.3 is 10.2 Å². The first-order valence-corrected chi connectivity index (χ1v) is 7.62. The topological polar surface area (TPSA) is 76.5 Å². The monoisotopic (exact) mass is 294 g/mol. The van der Waals surface area contributed by atoms with Gasteiger partial charge in [0, 0.05) is 24.8 Å². The SMILES string of the molecule is Cc1cc(N)ccc1S(=O)(=O)N(C)Cc1ccoc1C. The number of hydrogen-bond acceptors (Lipinski definition) is 4. The highest BCUT2D eigenvalue weighted by molar-refractivity contribution is 7.89. The molecule has 108 valence electrons. The number of anilines is 1. The maximum absolute atomic E-state index is 12.6. The Morgan fingerprint density at radius 1 is 1.25 bits per heavy atom. The Morgan fingerprint density at radius 2 is 1.95 bits per heavy atom. The van der Waals surface area contributed by atoms with Crippen molar-refractivity contribution in [3.8, 4) is 0 Å². The van der Waals surface area contributed by atoms with Crippen LogP contribution >= 0.6 is 0 Å². The largest absolute Gasteiger partial charge is 0.469 e. The van der Waals surface area contributed by atoms with E-state index in [1.807, 2.05) is 6.92 Å². The standard InChI is InChI=1S/C14H18N2O3S/c1-10-8-13(15)4-5-14(10)20(17,18)16(3)9-12-6-7-19-11(12)2/h4-8H,9,15H2,1-3H3. The number of nitrogens with two attached hydrogens (primary N) is 1. The van der Waals surface area contributed by atoms with E-state index in [1.54, 1.807) is 44.5 Å². The van der Waals surface area contributed by atoms with Crippen LogP contribution in [0, 0.1) is 13.8 Å². The van der Waals surface area contributed by atoms with E-state index in [0.717, 1.165) is 11.3 Å². The number of rotatable bonds is 4. The number of hydrogen-bond donors (Lipinski definition) is 1. The van der Waals surface area contributed by atoms with Crippen molar-refractivity contribution in [3.05, 3.63) is 47.4 Å². The summed E-state index contributed by atoms with van der Waals surface area (Å²) in [5.41, 5.74) is 7.70. The van der Waals surface area contributed by atoms with Gasteiger partial charge in [-0.05, 0) is 43.7 Å². The van der Waals surface area contributed by atoms with E-state index in [4.69, 9.17) is 10.2 Å². The average molecular weight is 294 g/mol. The summed E-state index contributed by atoms with van der Waals surface area (Å²) in [6.45, 7) is 3.82. The van der Waals surface area contributed by atoms with E-state index in [2.05, 4.69) is 0 Å². The minimum absolute atomic E-state index is 0.272. The molecule has 0 aliphatic rings. The molecule has 20 heavy (non-hydrogen) atoms. The summed E-state index contributed by atoms with van der Waals surface area (Å²) in [7, 11) is -1.99. The Morgan fingerprint density at radius 3 is 2.50 bits per heavy atom. The van der Waals surface area contributed by atoms with Crippen molar-refractivity contribution >= 4 is 15.7 Å². The third kappa shape index (κ3) is 2.71. The molecule has 1 aromatic heterocycles. The van der Waals surface area contributed by atoms with Gasteiger partial charge in [-0.15, -0.1) is 0 Å². The van der Waals surface area contributed by atoms with Crippen LogP contribution in [0.4, 0.5) is 5.69 Å². The fraction of sp³-hybridized carbons (Fsp3) is 0.286. The number of nitrogen functional groups attached to an aromatic ring is 1. The van der Waals surface area contributed by atoms with E-state index in [0.29, 0.717) is 11.3 Å². The van der Waals surface area contributed by atoms with Crippen LogP contribution in [-0.4, -0.2) is 19.8 Å². The van der Waals surface area contributed by atoms with Crippen molar-refractivity contribution in [1.82, 2.24) is 4.31 Å². The summed E-state index contributed by atoms with van der Waals surface area (Å²) >= 11 is 0. The predicted octanol–water partition coefficient (Wildman–Crippen LogP) is 2.30. The highest BCUT2D eigenvalue weighted by Gasteiger charge is 2.23. The lowest BCUT2D eigenvalue weighted by atomic mass is 10.2. The Balaban J connectivity index is 2.32. The lowest BCUT2D eigenvalue weighted by molar-refractivity contribution is 0.458. The number of furan rings is 1. The first-order valence-electron chi connectivity index (χ1n) is 6.18. The molecule has 5 nitrogen and oxygen atoms in total. The van der Waals surface area contributed by atoms with Crippen LogP contribution in [0.2, 0.25) is 0 Å². The molecule has 0 unspecified atom stereocenters. The van der Waals surface area contributed by atoms with E-state index < -0.39 is 10.0 Å². The summed E-state index contributed by atoms with van der Waals surface area (Å²) in [6, 6.07) is 6.57. The summed E-state index contributed by atoms with van der Waals surface area (Å²) in [5.74, 6) is 0.723. The highest BCUT2D eigenvalue weighted by Crippen LogP contribution is 2.23. The number of nitrogens with zero attached hydrogens (tertiary/aromatic N) is 1. The zero-order chi connectivity index (χ0) is 14.9. The maximum Gasteiger partial charge on any atom is 0.243 e. The summed E-state index contributed by atoms with van der Waals surface area (Å²) in [5, 5.41) is 0. The molecule has 0 amide bonds. The van der Waals surface area contributed by atoms with Gasteiger partial charge in [0.25, 0.3) is 0 Å². The normalized spacial score (nSPS) is 12.0. The van der Waals surface area contributed by atoms with Crippen LogP contribution in [-0.2, 0) is 16.6 Å². The van der Waals surface area contributed by atoms with Crippen LogP contribution in [0.1, 0.15) is 16.9 Å². The summed E-state index contributed by atoms with van der Waals surface area (Å²) in [4.78, 5) is 0.273. The zero-order valence-electron chi connectivity index (χ0n) is 11.8. The molecule has 2 aromatic rings. The Bertz CT molecular complexity index is 720. The number of sulfonamides is 1. The van der Waals surface area contributed by atoms with E-state index in [1.165, 1.54) is 4.31 Å². The van der Waals surface area contributed by atoms with Gasteiger partial charge in [-0.2, -0.15) is 4.31 Å². The van der Waals surface area contributed by atoms with Gasteiger partial charge in [0.1, 0.15) is 5.76 Å². The van der Waals surface area contributed by atoms with Crippen molar-refractivity contribution < 1.29 is 12.8 Å². The molecule has 0 aliphatic carbocycles. The van der Waals surface area contributed by atoms with Gasteiger partial charge in [0.2, 0.25) is 10.0 Å². The molecule has 0 radical (unpaired) electrons. The van der Waals surface area contributed by atoms with Crippen LogP contribution in [0.5, 0.6) is 0 Å². The summed E-state index contributed by atoms with van der Waals surface area (Å²) in [6.07, 6.45) is 1.56. The molecule has 0 spiro atoms. The maximum atomic E-state index is 12.6. The van der Waals surface area contributed by atoms with Gasteiger partial charge in [-0.1, -0.05) is 0 Å². The molecule has 0 saturated heterocycles. The van der Waals surface area contributed by atoms with E-state index in [-0.39, 0.29) is 11.4 Å². The number of benzene rings is 1. The third-order valence-electron chi connectivity index (χ3n) is 3.25. The molecule has 0 atom stereocenters. The van der Waals surface area contributed by atoms with Crippen molar-refractivity contribution in [2.45, 2.75) is 25.3 Å². The molecule has 6 heteroatoms. The lowest BCUT2D eigenvalue weighted by Crippen LogP contribution is -2.27. The molecule has 0 saturated carbocycles. The Hall–Kier alpha value is -1.79. The van der Waals surface area contributed by atoms with Crippen LogP contribution in [0.15, 0.2) is 39.8 Å². The molecule has 0 aliphatic heterocycles. The smallest absolute Gasteiger partial charge is 0.243 e. The second kappa shape index (κ2) is 5.30. The molecule has 0 fully saturated rings. The predicted molar refractivity (Wildman–Crippen MR) is 77.7 cm³/mol. The van der Waals surface area contributed by atoms with Crippen molar-refractivity contribution in [2.75, 3.05) is 12.8 Å².